The van der Waals surface area contributed by atoms with Crippen LogP contribution < -0.4 is 9.80 Å². The smallest absolute Gasteiger partial charge is 0.230 e. The third-order valence-electron chi connectivity index (χ3n) is 4.09. The minimum atomic E-state index is 0.631. The van der Waals surface area contributed by atoms with Gasteiger partial charge in [0, 0.05) is 51.7 Å². The van der Waals surface area contributed by atoms with Crippen molar-refractivity contribution < 1.29 is 0 Å². The van der Waals surface area contributed by atoms with Crippen molar-refractivity contribution in [1.82, 2.24) is 29.4 Å². The van der Waals surface area contributed by atoms with Gasteiger partial charge in [-0.15, -0.1) is 13.2 Å². The second-order valence-electron chi connectivity index (χ2n) is 5.79. The molecule has 1 saturated heterocycles. The Labute approximate surface area is 158 Å². The lowest BCUT2D eigenvalue weighted by Gasteiger charge is -2.36. The Hall–Kier alpha value is -2.81. The minimum Gasteiger partial charge on any atom is -0.345 e. The van der Waals surface area contributed by atoms with Crippen LogP contribution in [0.3, 0.4) is 0 Å². The summed E-state index contributed by atoms with van der Waals surface area (Å²) < 4.78 is 1.86. The van der Waals surface area contributed by atoms with Crippen LogP contribution in [0.4, 0.5) is 11.9 Å². The van der Waals surface area contributed by atoms with Crippen LogP contribution in [0.2, 0.25) is 0 Å². The molecule has 0 aromatic carbocycles. The van der Waals surface area contributed by atoms with Gasteiger partial charge in [0.05, 0.1) is 0 Å². The fourth-order valence-corrected chi connectivity index (χ4v) is 3.06. The van der Waals surface area contributed by atoms with E-state index in [2.05, 4.69) is 42.9 Å². The largest absolute Gasteiger partial charge is 0.345 e. The number of thiocarbonyl (C=S) groups is 1. The molecule has 2 aromatic heterocycles. The molecule has 0 spiro atoms. The fourth-order valence-electron chi connectivity index (χ4n) is 2.77. The number of aromatic nitrogens is 5. The maximum Gasteiger partial charge on any atom is 0.230 e. The molecule has 0 N–H and O–H groups in total. The topological polar surface area (TPSA) is 66.2 Å². The zero-order valence-corrected chi connectivity index (χ0v) is 15.4. The normalized spacial score (nSPS) is 14.2. The summed E-state index contributed by atoms with van der Waals surface area (Å²) in [5, 5.41) is 0.765. The average Bonchev–Trinajstić information content (AvgIpc) is 3.22. The lowest BCUT2D eigenvalue weighted by Crippen LogP contribution is -2.50. The van der Waals surface area contributed by atoms with Crippen molar-refractivity contribution in [2.75, 3.05) is 49.1 Å². The van der Waals surface area contributed by atoms with Crippen LogP contribution in [-0.4, -0.2) is 73.8 Å². The quantitative estimate of drug-likeness (QED) is 0.555. The molecule has 0 amide bonds. The summed E-state index contributed by atoms with van der Waals surface area (Å²) in [6.45, 7) is 12.1. The first-order valence-electron chi connectivity index (χ1n) is 8.41. The van der Waals surface area contributed by atoms with Crippen molar-refractivity contribution in [3.05, 3.63) is 50.4 Å². The van der Waals surface area contributed by atoms with Gasteiger partial charge in [-0.1, -0.05) is 12.2 Å². The molecular formula is C17H22N8S. The Morgan fingerprint density at radius 3 is 2.50 bits per heavy atom. The van der Waals surface area contributed by atoms with Crippen molar-refractivity contribution in [3.8, 4) is 0 Å². The number of rotatable bonds is 6. The van der Waals surface area contributed by atoms with Crippen LogP contribution in [0.5, 0.6) is 0 Å². The number of hydrogen-bond donors (Lipinski definition) is 0. The second-order valence-corrected chi connectivity index (χ2v) is 6.16. The molecule has 3 heterocycles. The molecule has 0 radical (unpaired) electrons. The molecule has 1 fully saturated rings. The lowest BCUT2D eigenvalue weighted by molar-refractivity contribution is 0.379. The van der Waals surface area contributed by atoms with Crippen LogP contribution >= 0.6 is 12.2 Å². The Kier molecular flexibility index (Phi) is 5.90. The molecule has 26 heavy (non-hydrogen) atoms. The van der Waals surface area contributed by atoms with E-state index in [-0.39, 0.29) is 0 Å². The van der Waals surface area contributed by atoms with Crippen molar-refractivity contribution in [1.29, 1.82) is 0 Å². The molecule has 0 saturated carbocycles. The van der Waals surface area contributed by atoms with E-state index in [9.17, 15) is 0 Å². The van der Waals surface area contributed by atoms with E-state index >= 15 is 0 Å². The molecule has 2 aromatic rings. The van der Waals surface area contributed by atoms with E-state index in [1.54, 1.807) is 18.9 Å². The van der Waals surface area contributed by atoms with Crippen molar-refractivity contribution in [2.45, 2.75) is 0 Å². The van der Waals surface area contributed by atoms with Gasteiger partial charge in [0.1, 0.15) is 12.7 Å². The van der Waals surface area contributed by atoms with Gasteiger partial charge in [-0.05, 0) is 12.2 Å². The molecule has 136 valence electrons. The molecule has 0 aliphatic carbocycles. The average molecular weight is 370 g/mol. The summed E-state index contributed by atoms with van der Waals surface area (Å²) in [6, 6.07) is 0. The number of anilines is 2. The summed E-state index contributed by atoms with van der Waals surface area (Å²) >= 11 is 5.53. The molecule has 0 bridgehead atoms. The van der Waals surface area contributed by atoms with E-state index in [0.29, 0.717) is 25.0 Å². The number of piperazine rings is 1. The van der Waals surface area contributed by atoms with Crippen LogP contribution in [0, 0.1) is 0 Å². The van der Waals surface area contributed by atoms with E-state index in [1.165, 1.54) is 0 Å². The summed E-state index contributed by atoms with van der Waals surface area (Å²) in [7, 11) is 0. The summed E-state index contributed by atoms with van der Waals surface area (Å²) in [5.74, 6) is 1.31. The highest BCUT2D eigenvalue weighted by atomic mass is 32.1. The van der Waals surface area contributed by atoms with Gasteiger partial charge in [0.25, 0.3) is 0 Å². The van der Waals surface area contributed by atoms with Gasteiger partial charge >= 0.3 is 0 Å². The Bertz CT molecular complexity index is 742. The maximum atomic E-state index is 5.53. The van der Waals surface area contributed by atoms with Gasteiger partial charge < -0.3 is 14.7 Å². The summed E-state index contributed by atoms with van der Waals surface area (Å²) in [4.78, 5) is 23.6. The summed E-state index contributed by atoms with van der Waals surface area (Å²) in [5.41, 5.74) is 0. The molecule has 0 atom stereocenters. The SMILES string of the molecule is C=CCN(CC=C)c1ncnc(N2CCN(C(=S)n3ccnc3)CC2)n1. The van der Waals surface area contributed by atoms with Crippen LogP contribution in [0.1, 0.15) is 0 Å². The van der Waals surface area contributed by atoms with Gasteiger partial charge in [-0.25, -0.2) is 15.0 Å². The lowest BCUT2D eigenvalue weighted by atomic mass is 10.3. The third kappa shape index (κ3) is 4.05. The third-order valence-corrected chi connectivity index (χ3v) is 4.56. The fraction of sp³-hybridized carbons (Fsp3) is 0.353. The van der Waals surface area contributed by atoms with Crippen molar-refractivity contribution in [2.24, 2.45) is 0 Å². The standard InChI is InChI=1S/C17H22N8S/c1-3-6-22(7-4-2)15-19-13-20-16(21-15)23-9-11-24(12-10-23)17(26)25-8-5-18-14-25/h3-5,8,13-14H,1-2,6-7,9-12H2. The van der Waals surface area contributed by atoms with E-state index in [0.717, 1.165) is 31.3 Å². The summed E-state index contributed by atoms with van der Waals surface area (Å²) in [6.07, 6.45) is 10.5. The highest BCUT2D eigenvalue weighted by molar-refractivity contribution is 7.80. The Morgan fingerprint density at radius 2 is 1.88 bits per heavy atom. The van der Waals surface area contributed by atoms with Gasteiger partial charge in [-0.3, -0.25) is 4.57 Å². The predicted molar refractivity (Wildman–Crippen MR) is 106 cm³/mol. The van der Waals surface area contributed by atoms with Crippen LogP contribution in [0.25, 0.3) is 0 Å². The van der Waals surface area contributed by atoms with E-state index in [1.807, 2.05) is 27.8 Å². The molecule has 3 rings (SSSR count). The van der Waals surface area contributed by atoms with Gasteiger partial charge in [-0.2, -0.15) is 4.98 Å². The molecule has 8 nitrogen and oxygen atoms in total. The Morgan fingerprint density at radius 1 is 1.15 bits per heavy atom. The number of nitrogens with zero attached hydrogens (tertiary/aromatic N) is 8. The van der Waals surface area contributed by atoms with E-state index < -0.39 is 0 Å². The monoisotopic (exact) mass is 370 g/mol. The molecule has 0 unspecified atom stereocenters. The second kappa shape index (κ2) is 8.52. The predicted octanol–water partition coefficient (Wildman–Crippen LogP) is 1.20. The van der Waals surface area contributed by atoms with E-state index in [4.69, 9.17) is 12.2 Å². The van der Waals surface area contributed by atoms with Crippen molar-refractivity contribution >= 4 is 29.2 Å². The highest BCUT2D eigenvalue weighted by Gasteiger charge is 2.22. The number of imidazole rings is 1. The van der Waals surface area contributed by atoms with Crippen molar-refractivity contribution in [3.63, 3.8) is 0 Å². The zero-order chi connectivity index (χ0) is 18.4. The minimum absolute atomic E-state index is 0.631. The first kappa shape index (κ1) is 18.0. The molecule has 1 aliphatic heterocycles. The van der Waals surface area contributed by atoms with Gasteiger partial charge in [0.2, 0.25) is 11.9 Å². The first-order chi connectivity index (χ1) is 12.7. The Balaban J connectivity index is 1.65. The molecule has 1 aliphatic rings. The maximum absolute atomic E-state index is 5.53. The first-order valence-corrected chi connectivity index (χ1v) is 8.81. The number of hydrogen-bond acceptors (Lipinski definition) is 7. The zero-order valence-electron chi connectivity index (χ0n) is 14.6. The van der Waals surface area contributed by atoms with Crippen LogP contribution in [-0.2, 0) is 0 Å². The highest BCUT2D eigenvalue weighted by Crippen LogP contribution is 2.15. The molecule has 9 heteroatoms. The van der Waals surface area contributed by atoms with Crippen LogP contribution in [0.15, 0.2) is 50.4 Å². The molecular weight excluding hydrogens is 348 g/mol. The van der Waals surface area contributed by atoms with Gasteiger partial charge in [0.15, 0.2) is 5.11 Å².